The number of hydrogen-bond donors (Lipinski definition) is 2. The number of carbonyl (C=O) groups is 1. The summed E-state index contributed by atoms with van der Waals surface area (Å²) in [6.07, 6.45) is 6.09. The van der Waals surface area contributed by atoms with Gasteiger partial charge in [0.2, 0.25) is 0 Å². The van der Waals surface area contributed by atoms with Crippen LogP contribution in [0.3, 0.4) is 0 Å². The van der Waals surface area contributed by atoms with Gasteiger partial charge in [0, 0.05) is 17.9 Å². The first-order valence-corrected chi connectivity index (χ1v) is 6.16. The van der Waals surface area contributed by atoms with Gasteiger partial charge >= 0.3 is 0 Å². The lowest BCUT2D eigenvalue weighted by Crippen LogP contribution is -2.33. The molecule has 0 bridgehead atoms. The fourth-order valence-corrected chi connectivity index (χ4v) is 1.64. The highest BCUT2D eigenvalue weighted by Gasteiger charge is 2.10. The fraction of sp³-hybridized carbons (Fsp3) is 0.538. The largest absolute Gasteiger partial charge is 0.399 e. The molecule has 0 saturated carbocycles. The van der Waals surface area contributed by atoms with E-state index in [0.29, 0.717) is 11.4 Å². The van der Waals surface area contributed by atoms with E-state index in [1.165, 1.54) is 12.8 Å². The van der Waals surface area contributed by atoms with Crippen LogP contribution in [-0.2, 0) is 0 Å². The molecule has 1 amide bonds. The summed E-state index contributed by atoms with van der Waals surface area (Å²) in [7, 11) is 0. The monoisotopic (exact) mass is 235 g/mol. The highest BCUT2D eigenvalue weighted by atomic mass is 16.1. The topological polar surface area (TPSA) is 68.0 Å². The van der Waals surface area contributed by atoms with Crippen LogP contribution >= 0.6 is 0 Å². The Morgan fingerprint density at radius 2 is 2.29 bits per heavy atom. The van der Waals surface area contributed by atoms with E-state index in [1.54, 1.807) is 18.3 Å². The third kappa shape index (κ3) is 4.85. The zero-order chi connectivity index (χ0) is 12.7. The predicted octanol–water partition coefficient (Wildman–Crippen LogP) is 2.36. The summed E-state index contributed by atoms with van der Waals surface area (Å²) in [5, 5.41) is 2.93. The number of nitrogens with zero attached hydrogens (tertiary/aromatic N) is 1. The van der Waals surface area contributed by atoms with Crippen LogP contribution in [0.15, 0.2) is 18.3 Å². The number of hydrogen-bond acceptors (Lipinski definition) is 3. The summed E-state index contributed by atoms with van der Waals surface area (Å²) < 4.78 is 0. The smallest absolute Gasteiger partial charge is 0.270 e. The van der Waals surface area contributed by atoms with E-state index < -0.39 is 0 Å². The van der Waals surface area contributed by atoms with E-state index in [0.717, 1.165) is 12.8 Å². The summed E-state index contributed by atoms with van der Waals surface area (Å²) in [5.41, 5.74) is 6.55. The van der Waals surface area contributed by atoms with E-state index in [-0.39, 0.29) is 11.9 Å². The summed E-state index contributed by atoms with van der Waals surface area (Å²) in [5.74, 6) is -0.152. The average molecular weight is 235 g/mol. The van der Waals surface area contributed by atoms with Crippen LogP contribution in [0, 0.1) is 0 Å². The van der Waals surface area contributed by atoms with Crippen molar-refractivity contribution in [3.05, 3.63) is 24.0 Å². The molecule has 0 aliphatic rings. The van der Waals surface area contributed by atoms with Gasteiger partial charge in [0.05, 0.1) is 0 Å². The van der Waals surface area contributed by atoms with Crippen LogP contribution < -0.4 is 11.1 Å². The van der Waals surface area contributed by atoms with Gasteiger partial charge in [-0.25, -0.2) is 0 Å². The van der Waals surface area contributed by atoms with E-state index in [1.807, 2.05) is 6.92 Å². The number of nitrogen functional groups attached to an aromatic ring is 1. The summed E-state index contributed by atoms with van der Waals surface area (Å²) >= 11 is 0. The number of anilines is 1. The number of amides is 1. The minimum absolute atomic E-state index is 0.152. The van der Waals surface area contributed by atoms with Crippen molar-refractivity contribution in [2.24, 2.45) is 0 Å². The SMILES string of the molecule is CCCCCC(C)NC(=O)c1cc(N)ccn1. The van der Waals surface area contributed by atoms with Gasteiger partial charge in [-0.3, -0.25) is 9.78 Å². The van der Waals surface area contributed by atoms with Crippen molar-refractivity contribution in [1.29, 1.82) is 0 Å². The first kappa shape index (κ1) is 13.5. The van der Waals surface area contributed by atoms with Crippen LogP contribution in [0.1, 0.15) is 50.0 Å². The normalized spacial score (nSPS) is 12.1. The third-order valence-corrected chi connectivity index (χ3v) is 2.63. The van der Waals surface area contributed by atoms with Crippen LogP contribution in [0.5, 0.6) is 0 Å². The average Bonchev–Trinajstić information content (AvgIpc) is 2.29. The predicted molar refractivity (Wildman–Crippen MR) is 69.7 cm³/mol. The van der Waals surface area contributed by atoms with E-state index in [4.69, 9.17) is 5.73 Å². The van der Waals surface area contributed by atoms with Crippen molar-refractivity contribution in [3.8, 4) is 0 Å². The number of aromatic nitrogens is 1. The fourth-order valence-electron chi connectivity index (χ4n) is 1.64. The lowest BCUT2D eigenvalue weighted by Gasteiger charge is -2.13. The Balaban J connectivity index is 2.43. The molecule has 1 unspecified atom stereocenters. The number of unbranched alkanes of at least 4 members (excludes halogenated alkanes) is 2. The summed E-state index contributed by atoms with van der Waals surface area (Å²) in [6.45, 7) is 4.18. The molecule has 0 aromatic carbocycles. The second-order valence-electron chi connectivity index (χ2n) is 4.34. The summed E-state index contributed by atoms with van der Waals surface area (Å²) in [4.78, 5) is 15.8. The maximum atomic E-state index is 11.8. The minimum atomic E-state index is -0.152. The molecule has 4 heteroatoms. The first-order chi connectivity index (χ1) is 8.13. The molecule has 94 valence electrons. The molecule has 0 saturated heterocycles. The van der Waals surface area contributed by atoms with Gasteiger partial charge in [0.25, 0.3) is 5.91 Å². The van der Waals surface area contributed by atoms with E-state index in [9.17, 15) is 4.79 Å². The lowest BCUT2D eigenvalue weighted by atomic mass is 10.1. The Morgan fingerprint density at radius 3 is 2.94 bits per heavy atom. The molecular weight excluding hydrogens is 214 g/mol. The molecule has 1 rings (SSSR count). The number of nitrogens with two attached hydrogens (primary N) is 1. The molecule has 1 aromatic heterocycles. The van der Waals surface area contributed by atoms with Gasteiger partial charge in [-0.05, 0) is 25.5 Å². The molecule has 4 nitrogen and oxygen atoms in total. The quantitative estimate of drug-likeness (QED) is 0.744. The van der Waals surface area contributed by atoms with Crippen LogP contribution in [0.4, 0.5) is 5.69 Å². The van der Waals surface area contributed by atoms with Gasteiger partial charge in [0.1, 0.15) is 5.69 Å². The highest BCUT2D eigenvalue weighted by Crippen LogP contribution is 2.06. The van der Waals surface area contributed by atoms with Crippen molar-refractivity contribution in [2.45, 2.75) is 45.6 Å². The van der Waals surface area contributed by atoms with Crippen LogP contribution in [0.2, 0.25) is 0 Å². The van der Waals surface area contributed by atoms with Crippen molar-refractivity contribution < 1.29 is 4.79 Å². The molecule has 0 aliphatic carbocycles. The lowest BCUT2D eigenvalue weighted by molar-refractivity contribution is 0.0933. The second-order valence-corrected chi connectivity index (χ2v) is 4.34. The Hall–Kier alpha value is -1.58. The zero-order valence-electron chi connectivity index (χ0n) is 10.6. The molecule has 0 aliphatic heterocycles. The van der Waals surface area contributed by atoms with Crippen molar-refractivity contribution in [3.63, 3.8) is 0 Å². The Morgan fingerprint density at radius 1 is 1.53 bits per heavy atom. The third-order valence-electron chi connectivity index (χ3n) is 2.63. The standard InChI is InChI=1S/C13H21N3O/c1-3-4-5-6-10(2)16-13(17)12-9-11(14)7-8-15-12/h7-10H,3-6H2,1-2H3,(H2,14,15)(H,16,17). The Bertz CT molecular complexity index is 365. The molecule has 1 aromatic rings. The number of nitrogens with one attached hydrogen (secondary N) is 1. The van der Waals surface area contributed by atoms with Crippen LogP contribution in [0.25, 0.3) is 0 Å². The van der Waals surface area contributed by atoms with Crippen molar-refractivity contribution in [1.82, 2.24) is 10.3 Å². The number of pyridine rings is 1. The van der Waals surface area contributed by atoms with Crippen LogP contribution in [-0.4, -0.2) is 16.9 Å². The van der Waals surface area contributed by atoms with Gasteiger partial charge < -0.3 is 11.1 Å². The minimum Gasteiger partial charge on any atom is -0.399 e. The van der Waals surface area contributed by atoms with Gasteiger partial charge in [0.15, 0.2) is 0 Å². The molecule has 17 heavy (non-hydrogen) atoms. The second kappa shape index (κ2) is 6.89. The molecule has 0 fully saturated rings. The first-order valence-electron chi connectivity index (χ1n) is 6.16. The molecular formula is C13H21N3O. The number of rotatable bonds is 6. The van der Waals surface area contributed by atoms with Gasteiger partial charge in [-0.15, -0.1) is 0 Å². The molecule has 3 N–H and O–H groups in total. The van der Waals surface area contributed by atoms with Gasteiger partial charge in [-0.1, -0.05) is 26.2 Å². The van der Waals surface area contributed by atoms with Gasteiger partial charge in [-0.2, -0.15) is 0 Å². The van der Waals surface area contributed by atoms with Crippen molar-refractivity contribution >= 4 is 11.6 Å². The van der Waals surface area contributed by atoms with E-state index in [2.05, 4.69) is 17.2 Å². The Labute approximate surface area is 103 Å². The number of carbonyl (C=O) groups excluding carboxylic acids is 1. The molecule has 1 heterocycles. The highest BCUT2D eigenvalue weighted by molar-refractivity contribution is 5.93. The zero-order valence-corrected chi connectivity index (χ0v) is 10.6. The molecule has 0 spiro atoms. The Kier molecular flexibility index (Phi) is 5.46. The maximum absolute atomic E-state index is 11.8. The molecule has 0 radical (unpaired) electrons. The van der Waals surface area contributed by atoms with Crippen molar-refractivity contribution in [2.75, 3.05) is 5.73 Å². The maximum Gasteiger partial charge on any atom is 0.270 e. The molecule has 1 atom stereocenters. The van der Waals surface area contributed by atoms with E-state index >= 15 is 0 Å². The summed E-state index contributed by atoms with van der Waals surface area (Å²) in [6, 6.07) is 3.44.